The van der Waals surface area contributed by atoms with Gasteiger partial charge in [0.15, 0.2) is 5.96 Å². The van der Waals surface area contributed by atoms with Gasteiger partial charge in [0.05, 0.1) is 10.9 Å². The lowest BCUT2D eigenvalue weighted by molar-refractivity contribution is 0.580. The molecule has 2 aromatic carbocycles. The zero-order chi connectivity index (χ0) is 19.0. The standard InChI is InChI=1S/C18H23ClN4O2S.HI/c1-14(15-7-4-3-5-8-15)23-18(20-2)21-11-12-22-26(24,25)17-10-6-9-16(19)13-17;/h3-10,13-14,22H,11-12H2,1-2H3,(H2,20,21,23);1H. The van der Waals surface area contributed by atoms with Crippen LogP contribution < -0.4 is 15.4 Å². The lowest BCUT2D eigenvalue weighted by Crippen LogP contribution is -2.42. The van der Waals surface area contributed by atoms with E-state index >= 15 is 0 Å². The molecule has 0 saturated heterocycles. The van der Waals surface area contributed by atoms with Gasteiger partial charge >= 0.3 is 0 Å². The quantitative estimate of drug-likeness (QED) is 0.226. The van der Waals surface area contributed by atoms with Crippen LogP contribution >= 0.6 is 35.6 Å². The van der Waals surface area contributed by atoms with Crippen molar-refractivity contribution in [3.05, 3.63) is 65.2 Å². The van der Waals surface area contributed by atoms with E-state index in [-0.39, 0.29) is 41.5 Å². The third-order valence-electron chi connectivity index (χ3n) is 3.69. The van der Waals surface area contributed by atoms with Crippen molar-refractivity contribution < 1.29 is 8.42 Å². The van der Waals surface area contributed by atoms with Crippen LogP contribution in [0.5, 0.6) is 0 Å². The molecule has 0 fully saturated rings. The molecule has 148 valence electrons. The third kappa shape index (κ3) is 7.65. The average molecular weight is 523 g/mol. The maximum atomic E-state index is 12.2. The maximum absolute atomic E-state index is 12.2. The zero-order valence-corrected chi connectivity index (χ0v) is 19.0. The Morgan fingerprint density at radius 1 is 1.11 bits per heavy atom. The molecule has 0 aromatic heterocycles. The van der Waals surface area contributed by atoms with E-state index in [0.717, 1.165) is 5.56 Å². The summed E-state index contributed by atoms with van der Waals surface area (Å²) in [7, 11) is -1.92. The van der Waals surface area contributed by atoms with Crippen LogP contribution in [0.3, 0.4) is 0 Å². The molecule has 0 saturated carbocycles. The minimum absolute atomic E-state index is 0. The number of hydrogen-bond acceptors (Lipinski definition) is 3. The van der Waals surface area contributed by atoms with Gasteiger partial charge in [0.1, 0.15) is 0 Å². The molecule has 0 aliphatic rings. The number of nitrogens with one attached hydrogen (secondary N) is 3. The first-order chi connectivity index (χ1) is 12.4. The average Bonchev–Trinajstić information content (AvgIpc) is 2.64. The summed E-state index contributed by atoms with van der Waals surface area (Å²) in [4.78, 5) is 4.30. The summed E-state index contributed by atoms with van der Waals surface area (Å²) in [6, 6.07) is 16.2. The first-order valence-electron chi connectivity index (χ1n) is 8.20. The highest BCUT2D eigenvalue weighted by Crippen LogP contribution is 2.15. The molecule has 2 aromatic rings. The molecule has 3 N–H and O–H groups in total. The van der Waals surface area contributed by atoms with E-state index in [1.807, 2.05) is 37.3 Å². The van der Waals surface area contributed by atoms with E-state index in [0.29, 0.717) is 17.5 Å². The predicted octanol–water partition coefficient (Wildman–Crippen LogP) is 3.16. The fourth-order valence-electron chi connectivity index (χ4n) is 2.31. The molecule has 2 rings (SSSR count). The number of nitrogens with zero attached hydrogens (tertiary/aromatic N) is 1. The predicted molar refractivity (Wildman–Crippen MR) is 121 cm³/mol. The maximum Gasteiger partial charge on any atom is 0.240 e. The minimum Gasteiger partial charge on any atom is -0.355 e. The van der Waals surface area contributed by atoms with Gasteiger partial charge in [-0.15, -0.1) is 24.0 Å². The molecule has 27 heavy (non-hydrogen) atoms. The molecule has 6 nitrogen and oxygen atoms in total. The van der Waals surface area contributed by atoms with Gasteiger partial charge in [-0.2, -0.15) is 0 Å². The summed E-state index contributed by atoms with van der Waals surface area (Å²) < 4.78 is 27.0. The summed E-state index contributed by atoms with van der Waals surface area (Å²) in [5.41, 5.74) is 1.14. The van der Waals surface area contributed by atoms with Crippen LogP contribution in [0.4, 0.5) is 0 Å². The van der Waals surface area contributed by atoms with Crippen molar-refractivity contribution in [2.24, 2.45) is 4.99 Å². The van der Waals surface area contributed by atoms with Gasteiger partial charge in [-0.25, -0.2) is 13.1 Å². The van der Waals surface area contributed by atoms with Crippen LogP contribution in [0.15, 0.2) is 64.5 Å². The number of halogens is 2. The molecule has 9 heteroatoms. The zero-order valence-electron chi connectivity index (χ0n) is 15.1. The van der Waals surface area contributed by atoms with Gasteiger partial charge < -0.3 is 10.6 Å². The van der Waals surface area contributed by atoms with E-state index in [9.17, 15) is 8.42 Å². The Hall–Kier alpha value is -1.36. The summed E-state index contributed by atoms with van der Waals surface area (Å²) in [5, 5.41) is 6.74. The molecule has 0 aliphatic carbocycles. The van der Waals surface area contributed by atoms with Crippen molar-refractivity contribution in [2.75, 3.05) is 20.1 Å². The van der Waals surface area contributed by atoms with Gasteiger partial charge in [0, 0.05) is 25.2 Å². The molecule has 0 heterocycles. The molecule has 0 radical (unpaired) electrons. The number of hydrogen-bond donors (Lipinski definition) is 3. The van der Waals surface area contributed by atoms with Gasteiger partial charge in [-0.3, -0.25) is 4.99 Å². The van der Waals surface area contributed by atoms with E-state index < -0.39 is 10.0 Å². The van der Waals surface area contributed by atoms with Gasteiger partial charge in [-0.05, 0) is 30.7 Å². The Kier molecular flexibility index (Phi) is 10.1. The van der Waals surface area contributed by atoms with Crippen molar-refractivity contribution in [3.8, 4) is 0 Å². The molecular weight excluding hydrogens is 499 g/mol. The highest BCUT2D eigenvalue weighted by Gasteiger charge is 2.13. The Morgan fingerprint density at radius 3 is 2.44 bits per heavy atom. The second-order valence-electron chi connectivity index (χ2n) is 5.63. The summed E-state index contributed by atoms with van der Waals surface area (Å²) in [6.45, 7) is 2.64. The molecule has 0 bridgehead atoms. The van der Waals surface area contributed by atoms with E-state index in [1.165, 1.54) is 12.1 Å². The largest absolute Gasteiger partial charge is 0.355 e. The lowest BCUT2D eigenvalue weighted by atomic mass is 10.1. The number of aliphatic imine (C=N–C) groups is 1. The summed E-state index contributed by atoms with van der Waals surface area (Å²) in [6.07, 6.45) is 0. The van der Waals surface area contributed by atoms with Crippen LogP contribution in [0.1, 0.15) is 18.5 Å². The highest BCUT2D eigenvalue weighted by atomic mass is 127. The molecule has 0 aliphatic heterocycles. The Labute approximate surface area is 182 Å². The van der Waals surface area contributed by atoms with Crippen molar-refractivity contribution in [3.63, 3.8) is 0 Å². The second kappa shape index (κ2) is 11.5. The SMILES string of the molecule is CN=C(NCCNS(=O)(=O)c1cccc(Cl)c1)NC(C)c1ccccc1.I. The van der Waals surface area contributed by atoms with Gasteiger partial charge in [0.2, 0.25) is 10.0 Å². The van der Waals surface area contributed by atoms with Crippen molar-refractivity contribution >= 4 is 51.6 Å². The fraction of sp³-hybridized carbons (Fsp3) is 0.278. The number of sulfonamides is 1. The number of rotatable bonds is 7. The Bertz CT molecular complexity index is 847. The second-order valence-corrected chi connectivity index (χ2v) is 7.83. The van der Waals surface area contributed by atoms with Gasteiger partial charge in [0.25, 0.3) is 0 Å². The molecule has 1 atom stereocenters. The first-order valence-corrected chi connectivity index (χ1v) is 10.1. The van der Waals surface area contributed by atoms with Crippen molar-refractivity contribution in [2.45, 2.75) is 17.9 Å². The lowest BCUT2D eigenvalue weighted by Gasteiger charge is -2.18. The van der Waals surface area contributed by atoms with E-state index in [4.69, 9.17) is 11.6 Å². The summed E-state index contributed by atoms with van der Waals surface area (Å²) in [5.74, 6) is 0.600. The number of benzene rings is 2. The van der Waals surface area contributed by atoms with Crippen LogP contribution in [0, 0.1) is 0 Å². The third-order valence-corrected chi connectivity index (χ3v) is 5.39. The van der Waals surface area contributed by atoms with Crippen LogP contribution in [0.25, 0.3) is 0 Å². The molecular formula is C18H24ClIN4O2S. The number of guanidine groups is 1. The highest BCUT2D eigenvalue weighted by molar-refractivity contribution is 14.0. The molecule has 0 spiro atoms. The molecule has 1 unspecified atom stereocenters. The minimum atomic E-state index is -3.59. The van der Waals surface area contributed by atoms with Gasteiger partial charge in [-0.1, -0.05) is 48.0 Å². The van der Waals surface area contributed by atoms with Crippen molar-refractivity contribution in [1.29, 1.82) is 0 Å². The summed E-state index contributed by atoms with van der Waals surface area (Å²) >= 11 is 5.84. The first kappa shape index (κ1) is 23.7. The van der Waals surface area contributed by atoms with Crippen LogP contribution in [-0.2, 0) is 10.0 Å². The molecule has 0 amide bonds. The van der Waals surface area contributed by atoms with E-state index in [2.05, 4.69) is 20.3 Å². The Balaban J connectivity index is 0.00000364. The monoisotopic (exact) mass is 522 g/mol. The topological polar surface area (TPSA) is 82.6 Å². The van der Waals surface area contributed by atoms with Crippen LogP contribution in [-0.4, -0.2) is 34.5 Å². The Morgan fingerprint density at radius 2 is 1.81 bits per heavy atom. The fourth-order valence-corrected chi connectivity index (χ4v) is 3.64. The smallest absolute Gasteiger partial charge is 0.240 e. The van der Waals surface area contributed by atoms with Crippen LogP contribution in [0.2, 0.25) is 5.02 Å². The van der Waals surface area contributed by atoms with E-state index in [1.54, 1.807) is 19.2 Å². The normalized spacial score (nSPS) is 12.8. The van der Waals surface area contributed by atoms with Crippen molar-refractivity contribution in [1.82, 2.24) is 15.4 Å².